The van der Waals surface area contributed by atoms with Gasteiger partial charge in [0.15, 0.2) is 0 Å². The van der Waals surface area contributed by atoms with Gasteiger partial charge >= 0.3 is 0 Å². The lowest BCUT2D eigenvalue weighted by atomic mass is 10.0. The SMILES string of the molecule is CCCNC(=O)C(C)NC(C)CCCC(C)C. The van der Waals surface area contributed by atoms with E-state index in [4.69, 9.17) is 0 Å². The van der Waals surface area contributed by atoms with E-state index in [2.05, 4.69) is 38.3 Å². The normalized spacial score (nSPS) is 14.7. The lowest BCUT2D eigenvalue weighted by Gasteiger charge is -2.19. The molecule has 1 amide bonds. The van der Waals surface area contributed by atoms with Gasteiger partial charge in [-0.2, -0.15) is 0 Å². The van der Waals surface area contributed by atoms with Gasteiger partial charge in [-0.3, -0.25) is 4.79 Å². The predicted octanol–water partition coefficient (Wildman–Crippen LogP) is 2.71. The summed E-state index contributed by atoms with van der Waals surface area (Å²) < 4.78 is 0. The Hall–Kier alpha value is -0.570. The van der Waals surface area contributed by atoms with Crippen molar-refractivity contribution in [2.45, 2.75) is 72.4 Å². The highest BCUT2D eigenvalue weighted by atomic mass is 16.2. The molecule has 0 bridgehead atoms. The first-order chi connectivity index (χ1) is 7.97. The maximum atomic E-state index is 11.6. The lowest BCUT2D eigenvalue weighted by Crippen LogP contribution is -2.45. The van der Waals surface area contributed by atoms with E-state index in [1.54, 1.807) is 0 Å². The van der Waals surface area contributed by atoms with Gasteiger partial charge in [0, 0.05) is 12.6 Å². The van der Waals surface area contributed by atoms with Gasteiger partial charge in [0.25, 0.3) is 0 Å². The molecule has 0 aromatic heterocycles. The van der Waals surface area contributed by atoms with Crippen LogP contribution in [0.2, 0.25) is 0 Å². The number of carbonyl (C=O) groups excluding carboxylic acids is 1. The second-order valence-corrected chi connectivity index (χ2v) is 5.41. The number of hydrogen-bond acceptors (Lipinski definition) is 2. The molecule has 102 valence electrons. The first kappa shape index (κ1) is 16.4. The van der Waals surface area contributed by atoms with Crippen molar-refractivity contribution in [3.05, 3.63) is 0 Å². The van der Waals surface area contributed by atoms with Crippen LogP contribution in [0, 0.1) is 5.92 Å². The molecule has 2 atom stereocenters. The van der Waals surface area contributed by atoms with Gasteiger partial charge in [0.2, 0.25) is 5.91 Å². The van der Waals surface area contributed by atoms with E-state index < -0.39 is 0 Å². The molecule has 0 heterocycles. The molecule has 0 saturated carbocycles. The molecule has 0 aliphatic rings. The quantitative estimate of drug-likeness (QED) is 0.653. The van der Waals surface area contributed by atoms with E-state index in [0.717, 1.165) is 25.3 Å². The van der Waals surface area contributed by atoms with Gasteiger partial charge in [0.1, 0.15) is 0 Å². The average molecular weight is 242 g/mol. The summed E-state index contributed by atoms with van der Waals surface area (Å²) in [4.78, 5) is 11.6. The topological polar surface area (TPSA) is 41.1 Å². The highest BCUT2D eigenvalue weighted by Crippen LogP contribution is 2.08. The number of hydrogen-bond donors (Lipinski definition) is 2. The standard InChI is InChI=1S/C14H30N2O/c1-6-10-15-14(17)13(5)16-12(4)9-7-8-11(2)3/h11-13,16H,6-10H2,1-5H3,(H,15,17). The van der Waals surface area contributed by atoms with Crippen molar-refractivity contribution >= 4 is 5.91 Å². The van der Waals surface area contributed by atoms with Crippen LogP contribution < -0.4 is 10.6 Å². The molecule has 17 heavy (non-hydrogen) atoms. The fourth-order valence-corrected chi connectivity index (χ4v) is 1.82. The van der Waals surface area contributed by atoms with Crippen LogP contribution in [0.15, 0.2) is 0 Å². The first-order valence-electron chi connectivity index (χ1n) is 7.01. The van der Waals surface area contributed by atoms with E-state index >= 15 is 0 Å². The molecule has 0 saturated heterocycles. The lowest BCUT2D eigenvalue weighted by molar-refractivity contribution is -0.122. The third kappa shape index (κ3) is 9.16. The van der Waals surface area contributed by atoms with Gasteiger partial charge < -0.3 is 10.6 Å². The third-order valence-corrected chi connectivity index (χ3v) is 2.90. The van der Waals surface area contributed by atoms with Gasteiger partial charge in [-0.15, -0.1) is 0 Å². The molecule has 3 nitrogen and oxygen atoms in total. The van der Waals surface area contributed by atoms with Crippen molar-refractivity contribution in [3.63, 3.8) is 0 Å². The Morgan fingerprint density at radius 1 is 1.12 bits per heavy atom. The smallest absolute Gasteiger partial charge is 0.236 e. The Balaban J connectivity index is 3.71. The maximum absolute atomic E-state index is 11.6. The van der Waals surface area contributed by atoms with Crippen LogP contribution in [0.1, 0.15) is 60.3 Å². The minimum absolute atomic E-state index is 0.0874. The van der Waals surface area contributed by atoms with Crippen molar-refractivity contribution in [3.8, 4) is 0 Å². The zero-order chi connectivity index (χ0) is 13.3. The molecule has 0 fully saturated rings. The molecule has 3 heteroatoms. The summed E-state index contributed by atoms with van der Waals surface area (Å²) in [6.45, 7) is 11.4. The summed E-state index contributed by atoms with van der Waals surface area (Å²) in [5.74, 6) is 0.884. The molecule has 0 radical (unpaired) electrons. The van der Waals surface area contributed by atoms with Crippen molar-refractivity contribution in [2.24, 2.45) is 5.92 Å². The van der Waals surface area contributed by atoms with Crippen LogP contribution in [-0.4, -0.2) is 24.5 Å². The third-order valence-electron chi connectivity index (χ3n) is 2.90. The molecule has 0 aliphatic heterocycles. The minimum atomic E-state index is -0.0874. The average Bonchev–Trinajstić information content (AvgIpc) is 2.25. The van der Waals surface area contributed by atoms with E-state index in [1.807, 2.05) is 6.92 Å². The Labute approximate surface area is 107 Å². The molecule has 0 spiro atoms. The highest BCUT2D eigenvalue weighted by Gasteiger charge is 2.14. The fraction of sp³-hybridized carbons (Fsp3) is 0.929. The molecule has 2 N–H and O–H groups in total. The molecular weight excluding hydrogens is 212 g/mol. The summed E-state index contributed by atoms with van der Waals surface area (Å²) in [5.41, 5.74) is 0. The minimum Gasteiger partial charge on any atom is -0.355 e. The van der Waals surface area contributed by atoms with Crippen LogP contribution in [-0.2, 0) is 4.79 Å². The Bertz CT molecular complexity index is 204. The van der Waals surface area contributed by atoms with E-state index in [9.17, 15) is 4.79 Å². The van der Waals surface area contributed by atoms with Crippen molar-refractivity contribution in [2.75, 3.05) is 6.54 Å². The summed E-state index contributed by atoms with van der Waals surface area (Å²) in [6.07, 6.45) is 4.63. The van der Waals surface area contributed by atoms with Crippen LogP contribution in [0.25, 0.3) is 0 Å². The molecule has 0 rings (SSSR count). The zero-order valence-corrected chi connectivity index (χ0v) is 12.2. The number of amides is 1. The second-order valence-electron chi connectivity index (χ2n) is 5.41. The van der Waals surface area contributed by atoms with Crippen molar-refractivity contribution < 1.29 is 4.79 Å². The van der Waals surface area contributed by atoms with Crippen LogP contribution in [0.5, 0.6) is 0 Å². The fourth-order valence-electron chi connectivity index (χ4n) is 1.82. The van der Waals surface area contributed by atoms with E-state index in [1.165, 1.54) is 12.8 Å². The van der Waals surface area contributed by atoms with Gasteiger partial charge in [-0.1, -0.05) is 33.6 Å². The highest BCUT2D eigenvalue weighted by molar-refractivity contribution is 5.81. The molecule has 2 unspecified atom stereocenters. The largest absolute Gasteiger partial charge is 0.355 e. The van der Waals surface area contributed by atoms with Crippen molar-refractivity contribution in [1.82, 2.24) is 10.6 Å². The summed E-state index contributed by atoms with van der Waals surface area (Å²) in [5, 5.41) is 6.26. The van der Waals surface area contributed by atoms with E-state index in [-0.39, 0.29) is 11.9 Å². The van der Waals surface area contributed by atoms with Gasteiger partial charge in [-0.25, -0.2) is 0 Å². The monoisotopic (exact) mass is 242 g/mol. The Morgan fingerprint density at radius 2 is 1.76 bits per heavy atom. The van der Waals surface area contributed by atoms with Gasteiger partial charge in [0.05, 0.1) is 6.04 Å². The van der Waals surface area contributed by atoms with Crippen LogP contribution in [0.4, 0.5) is 0 Å². The summed E-state index contributed by atoms with van der Waals surface area (Å²) in [6, 6.07) is 0.326. The predicted molar refractivity (Wildman–Crippen MR) is 74.0 cm³/mol. The molecule has 0 aliphatic carbocycles. The Morgan fingerprint density at radius 3 is 2.29 bits per heavy atom. The first-order valence-corrected chi connectivity index (χ1v) is 7.01. The summed E-state index contributed by atoms with van der Waals surface area (Å²) >= 11 is 0. The number of nitrogens with one attached hydrogen (secondary N) is 2. The second kappa shape index (κ2) is 9.46. The number of carbonyl (C=O) groups is 1. The zero-order valence-electron chi connectivity index (χ0n) is 12.2. The molecule has 0 aromatic carbocycles. The number of rotatable bonds is 9. The van der Waals surface area contributed by atoms with Gasteiger partial charge in [-0.05, 0) is 32.6 Å². The molecular formula is C14H30N2O. The van der Waals surface area contributed by atoms with Crippen LogP contribution >= 0.6 is 0 Å². The van der Waals surface area contributed by atoms with E-state index in [0.29, 0.717) is 6.04 Å². The maximum Gasteiger partial charge on any atom is 0.236 e. The molecule has 0 aromatic rings. The Kier molecular flexibility index (Phi) is 9.14. The van der Waals surface area contributed by atoms with Crippen LogP contribution in [0.3, 0.4) is 0 Å². The summed E-state index contributed by atoms with van der Waals surface area (Å²) in [7, 11) is 0. The van der Waals surface area contributed by atoms with Crippen molar-refractivity contribution in [1.29, 1.82) is 0 Å².